The number of fused-ring (bicyclic) bond motifs is 2. The number of aromatic amines is 1. The summed E-state index contributed by atoms with van der Waals surface area (Å²) in [5, 5.41) is 12.8. The lowest BCUT2D eigenvalue weighted by Gasteiger charge is -2.40. The van der Waals surface area contributed by atoms with Crippen LogP contribution < -0.4 is 5.43 Å². The van der Waals surface area contributed by atoms with Gasteiger partial charge in [-0.25, -0.2) is 0 Å². The lowest BCUT2D eigenvalue weighted by Crippen LogP contribution is -2.55. The Balaban J connectivity index is 1.83. The Labute approximate surface area is 186 Å². The summed E-state index contributed by atoms with van der Waals surface area (Å²) in [4.78, 5) is 32.9. The third kappa shape index (κ3) is 4.22. The third-order valence-corrected chi connectivity index (χ3v) is 5.55. The van der Waals surface area contributed by atoms with Gasteiger partial charge in [-0.2, -0.15) is 13.4 Å². The summed E-state index contributed by atoms with van der Waals surface area (Å²) < 4.78 is 32.5. The number of nitrogens with zero attached hydrogens (tertiary/aromatic N) is 3. The fourth-order valence-corrected chi connectivity index (χ4v) is 4.12. The van der Waals surface area contributed by atoms with Gasteiger partial charge in [-0.15, -0.1) is 0 Å². The number of hydrogen-bond donors (Lipinski definition) is 3. The number of H-pyrrole nitrogens is 1. The molecule has 0 bridgehead atoms. The predicted octanol–water partition coefficient (Wildman–Crippen LogP) is 1.14. The zero-order chi connectivity index (χ0) is 23.0. The first-order valence-corrected chi connectivity index (χ1v) is 11.1. The highest BCUT2D eigenvalue weighted by molar-refractivity contribution is 7.85. The summed E-state index contributed by atoms with van der Waals surface area (Å²) in [6, 6.07) is 7.63. The minimum Gasteiger partial charge on any atom is -0.371 e. The van der Waals surface area contributed by atoms with Gasteiger partial charge in [-0.1, -0.05) is 23.4 Å². The second-order valence-electron chi connectivity index (χ2n) is 6.86. The first kappa shape index (κ1) is 21.9. The smallest absolute Gasteiger partial charge is 0.280 e. The van der Waals surface area contributed by atoms with E-state index in [9.17, 15) is 27.7 Å². The normalized spacial score (nSPS) is 16.5. The number of amides is 1. The second-order valence-corrected chi connectivity index (χ2v) is 8.72. The largest absolute Gasteiger partial charge is 0.371 e. The number of carbonyl (C=O) groups excluding carboxylic acids is 1. The van der Waals surface area contributed by atoms with Gasteiger partial charge >= 0.3 is 0 Å². The molecule has 32 heavy (non-hydrogen) atoms. The van der Waals surface area contributed by atoms with Gasteiger partial charge in [0.1, 0.15) is 11.4 Å². The molecule has 1 aliphatic rings. The number of aliphatic hydroxyl groups is 1. The van der Waals surface area contributed by atoms with E-state index in [0.717, 1.165) is 5.01 Å². The average Bonchev–Trinajstić information content (AvgIpc) is 2.73. The Morgan fingerprint density at radius 2 is 1.91 bits per heavy atom. The molecule has 0 saturated heterocycles. The summed E-state index contributed by atoms with van der Waals surface area (Å²) in [7, 11) is -4.65. The highest BCUT2D eigenvalue weighted by atomic mass is 35.5. The van der Waals surface area contributed by atoms with Crippen molar-refractivity contribution in [1.82, 2.24) is 20.0 Å². The molecule has 3 heterocycles. The summed E-state index contributed by atoms with van der Waals surface area (Å²) in [6.07, 6.45) is 1.29. The number of carbonyl (C=O) groups is 1. The first-order valence-electron chi connectivity index (χ1n) is 9.11. The molecule has 1 unspecified atom stereocenters. The topological polar surface area (TPSA) is 144 Å². The van der Waals surface area contributed by atoms with E-state index in [1.165, 1.54) is 30.6 Å². The van der Waals surface area contributed by atoms with E-state index in [2.05, 4.69) is 21.8 Å². The van der Waals surface area contributed by atoms with E-state index >= 15 is 0 Å². The van der Waals surface area contributed by atoms with Crippen molar-refractivity contribution in [3.05, 3.63) is 74.8 Å². The van der Waals surface area contributed by atoms with Crippen LogP contribution in [0.4, 0.5) is 0 Å². The van der Waals surface area contributed by atoms with Gasteiger partial charge in [0.2, 0.25) is 5.43 Å². The average molecular weight is 475 g/mol. The van der Waals surface area contributed by atoms with Crippen LogP contribution in [0, 0.1) is 11.8 Å². The molecule has 1 aromatic carbocycles. The molecule has 0 fully saturated rings. The standard InChI is InChI=1S/C20H15ClN4O6S/c21-13-3-4-14-15(10-13)23-17-16(18(14)26)19(27)24(25(20(17)28)11-32(29,30)31)9-1-2-12-5-7-22-8-6-12/h3-8,10,20,28H,9,11H2,(H,23,26)(H,29,30,31). The summed E-state index contributed by atoms with van der Waals surface area (Å²) in [5.74, 6) is 3.50. The SMILES string of the molecule is O=C1c2c([nH]c3cc(Cl)ccc3c2=O)C(O)N(CS(=O)(=O)O)N1CC#Cc1ccncc1. The van der Waals surface area contributed by atoms with Crippen LogP contribution in [0.2, 0.25) is 5.02 Å². The lowest BCUT2D eigenvalue weighted by molar-refractivity contribution is -0.114. The minimum atomic E-state index is -4.65. The Kier molecular flexibility index (Phi) is 5.72. The van der Waals surface area contributed by atoms with Crippen LogP contribution in [0.25, 0.3) is 10.9 Å². The van der Waals surface area contributed by atoms with Crippen LogP contribution in [0.5, 0.6) is 0 Å². The van der Waals surface area contributed by atoms with Gasteiger partial charge in [-0.3, -0.25) is 24.1 Å². The van der Waals surface area contributed by atoms with E-state index in [1.54, 1.807) is 12.1 Å². The second kappa shape index (κ2) is 8.34. The molecule has 164 valence electrons. The number of hydrogen-bond acceptors (Lipinski definition) is 7. The molecule has 0 aliphatic carbocycles. The van der Waals surface area contributed by atoms with E-state index < -0.39 is 33.6 Å². The molecule has 4 rings (SSSR count). The van der Waals surface area contributed by atoms with Gasteiger partial charge in [0.15, 0.2) is 6.23 Å². The van der Waals surface area contributed by atoms with Crippen molar-refractivity contribution in [2.75, 3.05) is 12.4 Å². The molecule has 0 radical (unpaired) electrons. The van der Waals surface area contributed by atoms with Crippen LogP contribution in [0.15, 0.2) is 47.5 Å². The first-order chi connectivity index (χ1) is 15.2. The molecule has 3 N–H and O–H groups in total. The van der Waals surface area contributed by atoms with Crippen LogP contribution in [0.1, 0.15) is 27.8 Å². The predicted molar refractivity (Wildman–Crippen MR) is 115 cm³/mol. The van der Waals surface area contributed by atoms with E-state index in [4.69, 9.17) is 11.6 Å². The molecule has 0 spiro atoms. The monoisotopic (exact) mass is 474 g/mol. The van der Waals surface area contributed by atoms with Crippen LogP contribution >= 0.6 is 11.6 Å². The highest BCUT2D eigenvalue weighted by Gasteiger charge is 2.41. The van der Waals surface area contributed by atoms with Gasteiger partial charge in [0, 0.05) is 28.4 Å². The molecule has 3 aromatic rings. The maximum atomic E-state index is 13.2. The Morgan fingerprint density at radius 1 is 1.19 bits per heavy atom. The van der Waals surface area contributed by atoms with Crippen molar-refractivity contribution in [1.29, 1.82) is 0 Å². The molecule has 0 saturated carbocycles. The maximum absolute atomic E-state index is 13.2. The van der Waals surface area contributed by atoms with Crippen molar-refractivity contribution >= 4 is 38.5 Å². The molecule has 1 atom stereocenters. The zero-order valence-electron chi connectivity index (χ0n) is 16.2. The number of benzene rings is 1. The van der Waals surface area contributed by atoms with E-state index in [1.807, 2.05) is 0 Å². The Hall–Kier alpha value is -3.27. The molecule has 12 heteroatoms. The zero-order valence-corrected chi connectivity index (χ0v) is 17.8. The number of aliphatic hydroxyl groups excluding tert-OH is 1. The summed E-state index contributed by atoms with van der Waals surface area (Å²) in [5.41, 5.74) is -0.382. The number of pyridine rings is 2. The van der Waals surface area contributed by atoms with Crippen LogP contribution in [-0.2, 0) is 10.1 Å². The number of aromatic nitrogens is 2. The van der Waals surface area contributed by atoms with Crippen molar-refractivity contribution < 1.29 is 22.9 Å². The van der Waals surface area contributed by atoms with Crippen LogP contribution in [0.3, 0.4) is 0 Å². The van der Waals surface area contributed by atoms with Crippen molar-refractivity contribution in [3.63, 3.8) is 0 Å². The quantitative estimate of drug-likeness (QED) is 0.378. The molecular weight excluding hydrogens is 460 g/mol. The number of nitrogens with one attached hydrogen (secondary N) is 1. The fourth-order valence-electron chi connectivity index (χ4n) is 3.34. The van der Waals surface area contributed by atoms with E-state index in [0.29, 0.717) is 15.6 Å². The van der Waals surface area contributed by atoms with Crippen molar-refractivity contribution in [2.45, 2.75) is 6.23 Å². The van der Waals surface area contributed by atoms with Gasteiger partial charge in [0.25, 0.3) is 16.0 Å². The van der Waals surface area contributed by atoms with Crippen molar-refractivity contribution in [3.8, 4) is 11.8 Å². The molecule has 2 aromatic heterocycles. The molecule has 1 aliphatic heterocycles. The number of hydrazine groups is 1. The lowest BCUT2D eigenvalue weighted by atomic mass is 10.0. The molecule has 10 nitrogen and oxygen atoms in total. The van der Waals surface area contributed by atoms with Gasteiger partial charge < -0.3 is 10.1 Å². The van der Waals surface area contributed by atoms with Crippen LogP contribution in [-0.4, -0.2) is 56.4 Å². The van der Waals surface area contributed by atoms with Gasteiger partial charge in [0.05, 0.1) is 17.8 Å². The summed E-state index contributed by atoms with van der Waals surface area (Å²) in [6.45, 7) is -0.356. The fraction of sp³-hybridized carbons (Fsp3) is 0.150. The Bertz CT molecular complexity index is 1450. The number of rotatable bonds is 3. The maximum Gasteiger partial charge on any atom is 0.280 e. The highest BCUT2D eigenvalue weighted by Crippen LogP contribution is 2.30. The molecular formula is C20H15ClN4O6S. The third-order valence-electron chi connectivity index (χ3n) is 4.73. The van der Waals surface area contributed by atoms with Crippen molar-refractivity contribution in [2.24, 2.45) is 0 Å². The van der Waals surface area contributed by atoms with E-state index in [-0.39, 0.29) is 28.7 Å². The number of halogens is 1. The molecule has 1 amide bonds. The summed E-state index contributed by atoms with van der Waals surface area (Å²) >= 11 is 5.96. The van der Waals surface area contributed by atoms with Gasteiger partial charge in [-0.05, 0) is 30.3 Å². The minimum absolute atomic E-state index is 0.166. The Morgan fingerprint density at radius 3 is 2.59 bits per heavy atom.